The lowest BCUT2D eigenvalue weighted by Gasteiger charge is -2.19. The monoisotopic (exact) mass is 462 g/mol. The van der Waals surface area contributed by atoms with Crippen molar-refractivity contribution in [2.75, 3.05) is 15.7 Å². The fourth-order valence-corrected chi connectivity index (χ4v) is 5.59. The number of nitrogens with one attached hydrogen (secondary N) is 3. The summed E-state index contributed by atoms with van der Waals surface area (Å²) >= 11 is 0. The van der Waals surface area contributed by atoms with Gasteiger partial charge < -0.3 is 0 Å². The number of hydrogen-bond acceptors (Lipinski definition) is 6. The van der Waals surface area contributed by atoms with Crippen LogP contribution in [0.25, 0.3) is 11.3 Å². The van der Waals surface area contributed by atoms with Crippen LogP contribution in [0.15, 0.2) is 52.2 Å². The Morgan fingerprint density at radius 1 is 0.903 bits per heavy atom. The second-order valence-electron chi connectivity index (χ2n) is 7.21. The van der Waals surface area contributed by atoms with Crippen LogP contribution in [0.1, 0.15) is 16.7 Å². The summed E-state index contributed by atoms with van der Waals surface area (Å²) in [6.45, 7) is 4.92. The molecular weight excluding hydrogens is 440 g/mol. The molecule has 164 valence electrons. The van der Waals surface area contributed by atoms with E-state index in [-0.39, 0.29) is 16.1 Å². The molecule has 2 aromatic carbocycles. The summed E-state index contributed by atoms with van der Waals surface area (Å²) in [5.41, 5.74) is 2.67. The van der Waals surface area contributed by atoms with Crippen LogP contribution in [0.4, 0.5) is 11.4 Å². The van der Waals surface area contributed by atoms with Gasteiger partial charge in [0, 0.05) is 17.3 Å². The highest BCUT2D eigenvalue weighted by Gasteiger charge is 2.24. The Bertz CT molecular complexity index is 1410. The number of sulfonamides is 2. The van der Waals surface area contributed by atoms with E-state index in [1.54, 1.807) is 51.1 Å². The van der Waals surface area contributed by atoms with Crippen molar-refractivity contribution in [2.45, 2.75) is 25.7 Å². The number of nitrogens with zero attached hydrogens (tertiary/aromatic N) is 1. The van der Waals surface area contributed by atoms with Gasteiger partial charge in [-0.1, -0.05) is 18.2 Å². The Kier molecular flexibility index (Phi) is 5.92. The van der Waals surface area contributed by atoms with Crippen molar-refractivity contribution >= 4 is 31.4 Å². The van der Waals surface area contributed by atoms with Gasteiger partial charge in [0.05, 0.1) is 22.5 Å². The Morgan fingerprint density at radius 3 is 2.23 bits per heavy atom. The van der Waals surface area contributed by atoms with E-state index in [1.807, 2.05) is 0 Å². The van der Waals surface area contributed by atoms with E-state index < -0.39 is 20.0 Å². The molecule has 0 saturated heterocycles. The van der Waals surface area contributed by atoms with Crippen LogP contribution in [0.3, 0.4) is 0 Å². The molecule has 0 radical (unpaired) electrons. The van der Waals surface area contributed by atoms with Gasteiger partial charge in [0.1, 0.15) is 0 Å². The third-order valence-electron chi connectivity index (χ3n) is 4.55. The number of aromatic amines is 1. The Balaban J connectivity index is 2.03. The van der Waals surface area contributed by atoms with Gasteiger partial charge in [0.25, 0.3) is 15.6 Å². The highest BCUT2D eigenvalue weighted by atomic mass is 32.2. The third kappa shape index (κ3) is 5.12. The molecule has 0 saturated carbocycles. The molecule has 3 N–H and O–H groups in total. The first-order valence-electron chi connectivity index (χ1n) is 9.15. The lowest BCUT2D eigenvalue weighted by atomic mass is 10.1. The number of anilines is 2. The van der Waals surface area contributed by atoms with E-state index in [0.717, 1.165) is 6.26 Å². The maximum atomic E-state index is 13.2. The largest absolute Gasteiger partial charge is 0.283 e. The maximum Gasteiger partial charge on any atom is 0.264 e. The van der Waals surface area contributed by atoms with E-state index in [9.17, 15) is 21.6 Å². The highest BCUT2D eigenvalue weighted by molar-refractivity contribution is 7.93. The topological polar surface area (TPSA) is 138 Å². The zero-order valence-corrected chi connectivity index (χ0v) is 19.0. The first kappa shape index (κ1) is 22.5. The molecule has 0 aliphatic heterocycles. The third-order valence-corrected chi connectivity index (χ3v) is 6.79. The van der Waals surface area contributed by atoms with Crippen molar-refractivity contribution in [2.24, 2.45) is 0 Å². The molecule has 0 bridgehead atoms. The van der Waals surface area contributed by atoms with Crippen molar-refractivity contribution in [1.82, 2.24) is 10.2 Å². The van der Waals surface area contributed by atoms with Crippen molar-refractivity contribution in [1.29, 1.82) is 0 Å². The summed E-state index contributed by atoms with van der Waals surface area (Å²) in [7, 11) is -7.63. The fraction of sp³-hybridized carbons (Fsp3) is 0.200. The molecule has 0 amide bonds. The van der Waals surface area contributed by atoms with Crippen molar-refractivity contribution in [3.8, 4) is 11.3 Å². The summed E-state index contributed by atoms with van der Waals surface area (Å²) in [5, 5.41) is 6.28. The minimum Gasteiger partial charge on any atom is -0.283 e. The van der Waals surface area contributed by atoms with E-state index in [2.05, 4.69) is 19.6 Å². The predicted molar refractivity (Wildman–Crippen MR) is 120 cm³/mol. The average Bonchev–Trinajstić information content (AvgIpc) is 2.64. The van der Waals surface area contributed by atoms with Crippen molar-refractivity contribution < 1.29 is 16.8 Å². The molecule has 0 unspecified atom stereocenters. The summed E-state index contributed by atoms with van der Waals surface area (Å²) in [6, 6.07) is 11.0. The fourth-order valence-electron chi connectivity index (χ4n) is 3.38. The van der Waals surface area contributed by atoms with Crippen LogP contribution >= 0.6 is 0 Å². The maximum absolute atomic E-state index is 13.2. The lowest BCUT2D eigenvalue weighted by molar-refractivity contribution is 0.599. The molecule has 0 aliphatic rings. The normalized spacial score (nSPS) is 11.9. The smallest absolute Gasteiger partial charge is 0.264 e. The van der Waals surface area contributed by atoms with Crippen LogP contribution in [-0.4, -0.2) is 33.3 Å². The molecule has 0 spiro atoms. The van der Waals surface area contributed by atoms with Crippen LogP contribution < -0.4 is 15.0 Å². The lowest BCUT2D eigenvalue weighted by Crippen LogP contribution is -2.19. The number of hydrogen-bond donors (Lipinski definition) is 3. The van der Waals surface area contributed by atoms with Gasteiger partial charge in [-0.3, -0.25) is 14.2 Å². The highest BCUT2D eigenvalue weighted by Crippen LogP contribution is 2.32. The second-order valence-corrected chi connectivity index (χ2v) is 10.6. The summed E-state index contributed by atoms with van der Waals surface area (Å²) in [5.74, 6) is 0. The second kappa shape index (κ2) is 8.16. The Hall–Kier alpha value is -3.18. The summed E-state index contributed by atoms with van der Waals surface area (Å²) in [4.78, 5) is 11.2. The minimum absolute atomic E-state index is 0.00295. The number of benzene rings is 2. The van der Waals surface area contributed by atoms with Crippen LogP contribution in [0.2, 0.25) is 0 Å². The average molecular weight is 463 g/mol. The molecule has 0 atom stereocenters. The van der Waals surface area contributed by atoms with Gasteiger partial charge in [-0.2, -0.15) is 5.10 Å². The number of aromatic nitrogens is 2. The Labute approximate surface area is 180 Å². The van der Waals surface area contributed by atoms with E-state index >= 15 is 0 Å². The molecule has 0 fully saturated rings. The SMILES string of the molecule is Cc1cc(C)c(S(=O)(=O)Nc2cccc(-c3ccc(=O)[nH]n3)c2)c(C)c1NS(C)(=O)=O. The zero-order chi connectivity index (χ0) is 23.0. The summed E-state index contributed by atoms with van der Waals surface area (Å²) < 4.78 is 54.8. The van der Waals surface area contributed by atoms with Gasteiger partial charge in [0.2, 0.25) is 10.0 Å². The van der Waals surface area contributed by atoms with Gasteiger partial charge in [-0.05, 0) is 55.7 Å². The van der Waals surface area contributed by atoms with Gasteiger partial charge in [-0.15, -0.1) is 0 Å². The quantitative estimate of drug-likeness (QED) is 0.515. The molecule has 1 heterocycles. The van der Waals surface area contributed by atoms with Gasteiger partial charge >= 0.3 is 0 Å². The van der Waals surface area contributed by atoms with E-state index in [0.29, 0.717) is 33.6 Å². The van der Waals surface area contributed by atoms with Crippen molar-refractivity contribution in [3.05, 3.63) is 69.5 Å². The van der Waals surface area contributed by atoms with Crippen LogP contribution in [0, 0.1) is 20.8 Å². The first-order chi connectivity index (χ1) is 14.4. The molecule has 9 nitrogen and oxygen atoms in total. The minimum atomic E-state index is -4.04. The molecule has 3 rings (SSSR count). The Morgan fingerprint density at radius 2 is 1.61 bits per heavy atom. The summed E-state index contributed by atoms with van der Waals surface area (Å²) in [6.07, 6.45) is 1.01. The molecule has 11 heteroatoms. The molecule has 3 aromatic rings. The molecule has 31 heavy (non-hydrogen) atoms. The first-order valence-corrected chi connectivity index (χ1v) is 12.5. The molecular formula is C20H22N4O5S2. The number of rotatable bonds is 6. The molecule has 1 aromatic heterocycles. The predicted octanol–water partition coefficient (Wildman–Crippen LogP) is 2.53. The van der Waals surface area contributed by atoms with Gasteiger partial charge in [-0.25, -0.2) is 21.9 Å². The zero-order valence-electron chi connectivity index (χ0n) is 17.3. The van der Waals surface area contributed by atoms with E-state index in [1.165, 1.54) is 12.1 Å². The number of aryl methyl sites for hydroxylation is 2. The van der Waals surface area contributed by atoms with Crippen LogP contribution in [-0.2, 0) is 20.0 Å². The standard InChI is InChI=1S/C20H22N4O5S2/c1-12-10-13(2)20(14(3)19(12)24-30(4,26)27)31(28,29)23-16-7-5-6-15(11-16)17-8-9-18(25)22-21-17/h5-11,23-24H,1-4H3,(H,22,25). The van der Waals surface area contributed by atoms with Crippen LogP contribution in [0.5, 0.6) is 0 Å². The van der Waals surface area contributed by atoms with Crippen molar-refractivity contribution in [3.63, 3.8) is 0 Å². The number of H-pyrrole nitrogens is 1. The molecule has 0 aliphatic carbocycles. The van der Waals surface area contributed by atoms with E-state index in [4.69, 9.17) is 0 Å². The van der Waals surface area contributed by atoms with Gasteiger partial charge in [0.15, 0.2) is 0 Å².